The Kier molecular flexibility index (Phi) is 12.9. The van der Waals surface area contributed by atoms with Gasteiger partial charge in [0.15, 0.2) is 0 Å². The van der Waals surface area contributed by atoms with E-state index < -0.39 is 35.9 Å². The molecule has 12 heteroatoms. The third-order valence-corrected chi connectivity index (χ3v) is 9.79. The number of carbonyl (C=O) groups is 1. The van der Waals surface area contributed by atoms with E-state index in [1.54, 1.807) is 12.3 Å². The molecule has 4 rings (SSSR count). The number of amides is 1. The van der Waals surface area contributed by atoms with Crippen molar-refractivity contribution in [3.05, 3.63) is 23.3 Å². The number of oxazole rings is 1. The van der Waals surface area contributed by atoms with Crippen LogP contribution in [0, 0.1) is 25.8 Å². The van der Waals surface area contributed by atoms with Gasteiger partial charge >= 0.3 is 58.2 Å². The minimum atomic E-state index is -1.41. The van der Waals surface area contributed by atoms with Gasteiger partial charge in [-0.25, -0.2) is 0 Å². The summed E-state index contributed by atoms with van der Waals surface area (Å²) in [5.41, 5.74) is 2.61. The number of ether oxygens (including phenoxy) is 1. The fraction of sp³-hybridized carbons (Fsp3) is 0.704. The molecule has 2 aliphatic rings. The number of rotatable bonds is 9. The van der Waals surface area contributed by atoms with Crippen LogP contribution >= 0.6 is 23.5 Å². The molecule has 0 aliphatic carbocycles. The van der Waals surface area contributed by atoms with E-state index in [4.69, 9.17) is 9.15 Å². The molecule has 2 aromatic rings. The minimum absolute atomic E-state index is 0. The van der Waals surface area contributed by atoms with Gasteiger partial charge in [-0.3, -0.25) is 14.7 Å². The zero-order valence-electron chi connectivity index (χ0n) is 23.9. The standard InChI is InChI=1S/C27H40N3O6S2.Rb/c1-7-8-16-11-18(30(5)12-16)25(34)29-19(24-21(32)20(31)22(33)26(35-24)37-6)15(4)38-27-28-17-10-9-13(2)14(3)23(17)36-27;/h10,15-16,18-22,24,26,31-33H,7-8,11-12H2,1-6H3,(H,29,34);/q-1;+1/t15-,16+,18-,19+,20?,21?,22?,24?,26?;/m0./s1. The van der Waals surface area contributed by atoms with Crippen molar-refractivity contribution in [3.63, 3.8) is 0 Å². The Morgan fingerprint density at radius 1 is 1.28 bits per heavy atom. The average molecular weight is 652 g/mol. The molecule has 9 atom stereocenters. The number of thioether (sulfide) groups is 2. The number of hydrogen-bond donors (Lipinski definition) is 4. The summed E-state index contributed by atoms with van der Waals surface area (Å²) in [7, 11) is 1.96. The summed E-state index contributed by atoms with van der Waals surface area (Å²) < 4.78 is 12.2. The van der Waals surface area contributed by atoms with Crippen LogP contribution in [-0.4, -0.2) is 98.1 Å². The summed E-state index contributed by atoms with van der Waals surface area (Å²) in [6, 6.07) is 4.00. The molecule has 0 saturated carbocycles. The Morgan fingerprint density at radius 2 is 2.00 bits per heavy atom. The Labute approximate surface area is 288 Å². The summed E-state index contributed by atoms with van der Waals surface area (Å²) in [5, 5.41) is 35.2. The summed E-state index contributed by atoms with van der Waals surface area (Å²) in [5.74, 6) is 0.322. The molecule has 4 N–H and O–H groups in total. The Hall–Kier alpha value is 0.465. The summed E-state index contributed by atoms with van der Waals surface area (Å²) in [4.78, 5) is 20.3. The number of likely N-dealkylation sites (tertiary alicyclic amines) is 1. The number of nitrogens with zero attached hydrogens (tertiary/aromatic N) is 2. The van der Waals surface area contributed by atoms with Gasteiger partial charge in [-0.1, -0.05) is 45.9 Å². The van der Waals surface area contributed by atoms with Crippen molar-refractivity contribution in [1.82, 2.24) is 15.2 Å². The fourth-order valence-electron chi connectivity index (χ4n) is 5.54. The van der Waals surface area contributed by atoms with Crippen molar-refractivity contribution < 1.29 is 87.5 Å². The average Bonchev–Trinajstić information content (AvgIpc) is 3.47. The van der Waals surface area contributed by atoms with E-state index in [2.05, 4.69) is 28.2 Å². The molecule has 2 saturated heterocycles. The maximum absolute atomic E-state index is 13.6. The van der Waals surface area contributed by atoms with Crippen LogP contribution in [0.5, 0.6) is 0 Å². The molecule has 212 valence electrons. The van der Waals surface area contributed by atoms with E-state index >= 15 is 0 Å². The van der Waals surface area contributed by atoms with Crippen LogP contribution < -0.4 is 63.5 Å². The molecule has 2 aliphatic heterocycles. The fourth-order valence-corrected chi connectivity index (χ4v) is 7.19. The van der Waals surface area contributed by atoms with Gasteiger partial charge in [-0.15, -0.1) is 23.4 Å². The van der Waals surface area contributed by atoms with E-state index in [1.807, 2.05) is 27.8 Å². The molecule has 5 unspecified atom stereocenters. The van der Waals surface area contributed by atoms with Crippen molar-refractivity contribution in [2.45, 2.75) is 99.4 Å². The van der Waals surface area contributed by atoms with E-state index in [-0.39, 0.29) is 75.4 Å². The third-order valence-electron chi connectivity index (χ3n) is 7.89. The molecule has 0 radical (unpaired) electrons. The van der Waals surface area contributed by atoms with Crippen LogP contribution in [0.1, 0.15) is 44.2 Å². The number of hydrogen-bond acceptors (Lipinski definition) is 10. The van der Waals surface area contributed by atoms with Gasteiger partial charge in [0.1, 0.15) is 29.9 Å². The number of aliphatic hydroxyl groups excluding tert-OH is 3. The Bertz CT molecular complexity index is 1120. The largest absolute Gasteiger partial charge is 1.00 e. The third kappa shape index (κ3) is 7.52. The molecule has 1 amide bonds. The number of fused-ring (bicyclic) bond motifs is 1. The topological polar surface area (TPSA) is 128 Å². The number of aliphatic hydroxyl groups is 3. The molecule has 1 aromatic heterocycles. The van der Waals surface area contributed by atoms with Crippen LogP contribution in [0.15, 0.2) is 15.7 Å². The van der Waals surface area contributed by atoms with Gasteiger partial charge in [0.05, 0.1) is 17.7 Å². The maximum Gasteiger partial charge on any atom is 1.00 e. The Balaban J connectivity index is 0.00000420. The van der Waals surface area contributed by atoms with Crippen LogP contribution in [0.25, 0.3) is 11.1 Å². The van der Waals surface area contributed by atoms with Gasteiger partial charge < -0.3 is 29.8 Å². The minimum Gasteiger partial charge on any atom is -0.459 e. The van der Waals surface area contributed by atoms with Crippen molar-refractivity contribution in [1.29, 1.82) is 0 Å². The van der Waals surface area contributed by atoms with Crippen LogP contribution in [0.2, 0.25) is 0 Å². The molecular weight excluding hydrogens is 612 g/mol. The normalized spacial score (nSPS) is 31.2. The van der Waals surface area contributed by atoms with Gasteiger partial charge in [-0.2, -0.15) is 11.6 Å². The van der Waals surface area contributed by atoms with Crippen LogP contribution in [0.3, 0.4) is 0 Å². The monoisotopic (exact) mass is 651 g/mol. The first-order chi connectivity index (χ1) is 18.0. The molecule has 0 spiro atoms. The van der Waals surface area contributed by atoms with Crippen LogP contribution in [-0.2, 0) is 9.53 Å². The van der Waals surface area contributed by atoms with Gasteiger partial charge in [0, 0.05) is 11.8 Å². The van der Waals surface area contributed by atoms with E-state index in [0.717, 1.165) is 36.9 Å². The molecule has 9 nitrogen and oxygen atoms in total. The van der Waals surface area contributed by atoms with Gasteiger partial charge in [0.2, 0.25) is 11.1 Å². The first-order valence-electron chi connectivity index (χ1n) is 13.2. The van der Waals surface area contributed by atoms with E-state index in [1.165, 1.54) is 23.5 Å². The number of likely N-dealkylation sites (N-methyl/N-ethyl adjacent to an activating group) is 1. The first-order valence-corrected chi connectivity index (χ1v) is 15.4. The molecule has 0 bridgehead atoms. The second kappa shape index (κ2) is 14.8. The van der Waals surface area contributed by atoms with E-state index in [9.17, 15) is 20.1 Å². The molecule has 3 heterocycles. The molecule has 2 fully saturated rings. The summed E-state index contributed by atoms with van der Waals surface area (Å²) in [6.07, 6.45) is -0.307. The number of aromatic nitrogens is 1. The second-order valence-corrected chi connectivity index (χ2v) is 12.9. The van der Waals surface area contributed by atoms with Crippen molar-refractivity contribution in [3.8, 4) is 0 Å². The van der Waals surface area contributed by atoms with Crippen molar-refractivity contribution >= 4 is 40.5 Å². The predicted molar refractivity (Wildman–Crippen MR) is 149 cm³/mol. The Morgan fingerprint density at radius 3 is 2.67 bits per heavy atom. The summed E-state index contributed by atoms with van der Waals surface area (Å²) in [6.45, 7) is 8.86. The molecule has 39 heavy (non-hydrogen) atoms. The molecule has 1 aromatic carbocycles. The number of carbonyl (C=O) groups excluding carboxylic acids is 1. The van der Waals surface area contributed by atoms with Gasteiger partial charge in [-0.05, 0) is 37.6 Å². The number of benzene rings is 1. The van der Waals surface area contributed by atoms with Crippen LogP contribution in [0.4, 0.5) is 0 Å². The van der Waals surface area contributed by atoms with Crippen molar-refractivity contribution in [2.75, 3.05) is 19.8 Å². The number of aryl methyl sites for hydroxylation is 2. The smallest absolute Gasteiger partial charge is 0.459 e. The first kappa shape index (κ1) is 34.0. The summed E-state index contributed by atoms with van der Waals surface area (Å²) >= 11 is 2.58. The zero-order chi connectivity index (χ0) is 27.7. The van der Waals surface area contributed by atoms with Gasteiger partial charge in [0.25, 0.3) is 0 Å². The number of nitrogens with one attached hydrogen (secondary N) is 1. The van der Waals surface area contributed by atoms with E-state index in [0.29, 0.717) is 22.2 Å². The van der Waals surface area contributed by atoms with Crippen molar-refractivity contribution in [2.24, 2.45) is 5.92 Å². The predicted octanol–water partition coefficient (Wildman–Crippen LogP) is -0.495. The molecular formula is C27H40N3O6RbS2. The SMILES string of the molecule is CCC[C@@H]1C[C@@H](C(=O)N[C@@H](C2OC(SC)C(O)C(O)C2O)[C@H](C)Sc2nc3c[c-]c(C)c(C)c3o2)N(C)C1.[Rb+]. The maximum atomic E-state index is 13.6. The second-order valence-electron chi connectivity index (χ2n) is 10.6. The quantitative estimate of drug-likeness (QED) is 0.208. The zero-order valence-corrected chi connectivity index (χ0v) is 30.4.